The maximum Gasteiger partial charge on any atom is 0.258 e. The van der Waals surface area contributed by atoms with E-state index in [4.69, 9.17) is 4.74 Å². The lowest BCUT2D eigenvalue weighted by Gasteiger charge is -2.37. The number of benzene rings is 3. The van der Waals surface area contributed by atoms with Crippen LogP contribution in [0, 0.1) is 0 Å². The van der Waals surface area contributed by atoms with Crippen molar-refractivity contribution in [2.45, 2.75) is 13.1 Å². The van der Waals surface area contributed by atoms with Gasteiger partial charge in [0.15, 0.2) is 0 Å². The van der Waals surface area contributed by atoms with E-state index in [1.807, 2.05) is 36.4 Å². The van der Waals surface area contributed by atoms with Crippen molar-refractivity contribution < 1.29 is 19.1 Å². The topological polar surface area (TPSA) is 99.8 Å². The normalized spacial score (nSPS) is 14.7. The van der Waals surface area contributed by atoms with Gasteiger partial charge in [-0.15, -0.1) is 0 Å². The number of anilines is 3. The molecule has 0 saturated carbocycles. The maximum atomic E-state index is 13.3. The zero-order chi connectivity index (χ0) is 23.4. The maximum absolute atomic E-state index is 13.3. The molecule has 8 heteroatoms. The summed E-state index contributed by atoms with van der Waals surface area (Å²) in [5.41, 5.74) is 3.24. The molecular weight excluding hydrogens is 420 g/mol. The first-order valence-corrected chi connectivity index (χ1v) is 10.4. The summed E-state index contributed by atoms with van der Waals surface area (Å²) in [4.78, 5) is 38.8. The van der Waals surface area contributed by atoms with Crippen LogP contribution in [-0.4, -0.2) is 36.3 Å². The Morgan fingerprint density at radius 3 is 2.21 bits per heavy atom. The Hall–Kier alpha value is -4.33. The van der Waals surface area contributed by atoms with Crippen LogP contribution >= 0.6 is 0 Å². The zero-order valence-electron chi connectivity index (χ0n) is 18.3. The number of hydrogen-bond donors (Lipinski definition) is 3. The number of carbonyl (C=O) groups is 3. The zero-order valence-corrected chi connectivity index (χ0v) is 18.3. The fraction of sp³-hybridized carbons (Fsp3) is 0.160. The molecule has 0 saturated heterocycles. The molecule has 1 aliphatic rings. The quantitative estimate of drug-likeness (QED) is 0.536. The average Bonchev–Trinajstić information content (AvgIpc) is 2.82. The summed E-state index contributed by atoms with van der Waals surface area (Å²) in [6.45, 7) is 1.28. The van der Waals surface area contributed by atoms with Crippen molar-refractivity contribution in [3.63, 3.8) is 0 Å². The number of ether oxygens (including phenoxy) is 1. The standard InChI is InChI=1S/C25H24N4O4/c1-16(30)26-18-9-11-19(12-10-18)27-23(31)15-29-24(17-7-13-20(33-2)14-8-17)28-22-6-4-3-5-21(22)25(29)32/h3-14,24,28H,15H2,1-2H3,(H,26,30)(H,27,31). The highest BCUT2D eigenvalue weighted by molar-refractivity contribution is 6.04. The lowest BCUT2D eigenvalue weighted by Crippen LogP contribution is -2.46. The van der Waals surface area contributed by atoms with Gasteiger partial charge in [-0.25, -0.2) is 0 Å². The Bertz CT molecular complexity index is 1180. The summed E-state index contributed by atoms with van der Waals surface area (Å²) in [7, 11) is 1.59. The highest BCUT2D eigenvalue weighted by Gasteiger charge is 2.34. The van der Waals surface area contributed by atoms with E-state index in [2.05, 4.69) is 16.0 Å². The van der Waals surface area contributed by atoms with Crippen LogP contribution in [0.4, 0.5) is 17.1 Å². The van der Waals surface area contributed by atoms with Crippen molar-refractivity contribution in [3.05, 3.63) is 83.9 Å². The third-order valence-electron chi connectivity index (χ3n) is 5.26. The van der Waals surface area contributed by atoms with E-state index in [-0.39, 0.29) is 24.3 Å². The Kier molecular flexibility index (Phi) is 6.26. The summed E-state index contributed by atoms with van der Waals surface area (Å²) in [5.74, 6) is -0.0438. The van der Waals surface area contributed by atoms with Crippen LogP contribution in [0.1, 0.15) is 29.0 Å². The van der Waals surface area contributed by atoms with Gasteiger partial charge in [0.05, 0.1) is 12.7 Å². The summed E-state index contributed by atoms with van der Waals surface area (Å²) >= 11 is 0. The van der Waals surface area contributed by atoms with Crippen molar-refractivity contribution in [3.8, 4) is 5.75 Å². The largest absolute Gasteiger partial charge is 0.497 e. The molecule has 1 heterocycles. The van der Waals surface area contributed by atoms with Gasteiger partial charge >= 0.3 is 0 Å². The highest BCUT2D eigenvalue weighted by Crippen LogP contribution is 2.33. The highest BCUT2D eigenvalue weighted by atomic mass is 16.5. The van der Waals surface area contributed by atoms with Gasteiger partial charge in [0, 0.05) is 24.0 Å². The number of para-hydroxylation sites is 1. The number of hydrogen-bond acceptors (Lipinski definition) is 5. The number of carbonyl (C=O) groups excluding carboxylic acids is 3. The number of nitrogens with one attached hydrogen (secondary N) is 3. The Labute approximate surface area is 191 Å². The molecule has 33 heavy (non-hydrogen) atoms. The summed E-state index contributed by atoms with van der Waals surface area (Å²) in [5, 5.41) is 8.86. The minimum Gasteiger partial charge on any atom is -0.497 e. The first-order valence-electron chi connectivity index (χ1n) is 10.4. The fourth-order valence-corrected chi connectivity index (χ4v) is 3.70. The van der Waals surface area contributed by atoms with Gasteiger partial charge in [-0.3, -0.25) is 14.4 Å². The average molecular weight is 444 g/mol. The molecule has 0 radical (unpaired) electrons. The molecule has 3 N–H and O–H groups in total. The minimum atomic E-state index is -0.522. The number of amides is 3. The molecule has 0 spiro atoms. The summed E-state index contributed by atoms with van der Waals surface area (Å²) < 4.78 is 5.23. The second-order valence-corrected chi connectivity index (χ2v) is 7.61. The van der Waals surface area contributed by atoms with E-state index in [0.29, 0.717) is 28.4 Å². The van der Waals surface area contributed by atoms with Crippen molar-refractivity contribution in [2.75, 3.05) is 29.6 Å². The molecule has 3 aromatic rings. The summed E-state index contributed by atoms with van der Waals surface area (Å²) in [6.07, 6.45) is -0.522. The van der Waals surface area contributed by atoms with Gasteiger partial charge in [0.2, 0.25) is 11.8 Å². The van der Waals surface area contributed by atoms with Gasteiger partial charge in [-0.05, 0) is 54.1 Å². The third-order valence-corrected chi connectivity index (χ3v) is 5.26. The van der Waals surface area contributed by atoms with Crippen LogP contribution in [0.15, 0.2) is 72.8 Å². The van der Waals surface area contributed by atoms with Gasteiger partial charge in [-0.2, -0.15) is 0 Å². The van der Waals surface area contributed by atoms with Crippen LogP contribution < -0.4 is 20.7 Å². The number of fused-ring (bicyclic) bond motifs is 1. The van der Waals surface area contributed by atoms with Crippen LogP contribution in [0.3, 0.4) is 0 Å². The third kappa shape index (κ3) is 4.95. The second-order valence-electron chi connectivity index (χ2n) is 7.61. The van der Waals surface area contributed by atoms with Crippen LogP contribution in [0.5, 0.6) is 5.75 Å². The van der Waals surface area contributed by atoms with Crippen molar-refractivity contribution in [2.24, 2.45) is 0 Å². The van der Waals surface area contributed by atoms with Crippen molar-refractivity contribution in [1.29, 1.82) is 0 Å². The molecule has 1 atom stereocenters. The van der Waals surface area contributed by atoms with E-state index in [1.165, 1.54) is 11.8 Å². The Morgan fingerprint density at radius 1 is 0.939 bits per heavy atom. The van der Waals surface area contributed by atoms with E-state index in [9.17, 15) is 14.4 Å². The molecule has 0 aliphatic carbocycles. The predicted octanol–water partition coefficient (Wildman–Crippen LogP) is 3.86. The predicted molar refractivity (Wildman–Crippen MR) is 126 cm³/mol. The van der Waals surface area contributed by atoms with Crippen LogP contribution in [0.25, 0.3) is 0 Å². The molecule has 168 valence electrons. The summed E-state index contributed by atoms with van der Waals surface area (Å²) in [6, 6.07) is 21.4. The van der Waals surface area contributed by atoms with Gasteiger partial charge in [0.25, 0.3) is 5.91 Å². The van der Waals surface area contributed by atoms with E-state index in [1.54, 1.807) is 43.5 Å². The van der Waals surface area contributed by atoms with Gasteiger partial charge in [-0.1, -0.05) is 24.3 Å². The van der Waals surface area contributed by atoms with Crippen molar-refractivity contribution in [1.82, 2.24) is 4.90 Å². The minimum absolute atomic E-state index is 0.149. The number of rotatable bonds is 6. The molecule has 8 nitrogen and oxygen atoms in total. The lowest BCUT2D eigenvalue weighted by atomic mass is 10.0. The molecule has 3 amide bonds. The van der Waals surface area contributed by atoms with E-state index >= 15 is 0 Å². The second kappa shape index (κ2) is 9.44. The van der Waals surface area contributed by atoms with E-state index < -0.39 is 6.17 Å². The molecule has 1 unspecified atom stereocenters. The fourth-order valence-electron chi connectivity index (χ4n) is 3.70. The SMILES string of the molecule is COc1ccc(C2Nc3ccccc3C(=O)N2CC(=O)Nc2ccc(NC(C)=O)cc2)cc1. The van der Waals surface area contributed by atoms with Crippen LogP contribution in [-0.2, 0) is 9.59 Å². The molecule has 3 aromatic carbocycles. The Morgan fingerprint density at radius 2 is 1.58 bits per heavy atom. The van der Waals surface area contributed by atoms with E-state index in [0.717, 1.165) is 5.56 Å². The smallest absolute Gasteiger partial charge is 0.258 e. The molecule has 0 fully saturated rings. The molecule has 1 aliphatic heterocycles. The van der Waals surface area contributed by atoms with Gasteiger partial charge < -0.3 is 25.6 Å². The number of methoxy groups -OCH3 is 1. The molecular formula is C25H24N4O4. The van der Waals surface area contributed by atoms with Crippen molar-refractivity contribution >= 4 is 34.8 Å². The first kappa shape index (κ1) is 21.9. The Balaban J connectivity index is 1.55. The monoisotopic (exact) mass is 444 g/mol. The molecule has 4 rings (SSSR count). The first-order chi connectivity index (χ1) is 15.9. The lowest BCUT2D eigenvalue weighted by molar-refractivity contribution is -0.117. The molecule has 0 bridgehead atoms. The van der Waals surface area contributed by atoms with Gasteiger partial charge in [0.1, 0.15) is 18.5 Å². The number of nitrogens with zero attached hydrogens (tertiary/aromatic N) is 1. The van der Waals surface area contributed by atoms with Crippen LogP contribution in [0.2, 0.25) is 0 Å². The molecule has 0 aromatic heterocycles.